The van der Waals surface area contributed by atoms with E-state index in [1.54, 1.807) is 4.90 Å². The molecule has 0 bridgehead atoms. The zero-order valence-corrected chi connectivity index (χ0v) is 15.7. The summed E-state index contributed by atoms with van der Waals surface area (Å²) in [6.45, 7) is 5.97. The number of aromatic nitrogens is 1. The van der Waals surface area contributed by atoms with Crippen LogP contribution in [-0.2, 0) is 14.8 Å². The van der Waals surface area contributed by atoms with Crippen molar-refractivity contribution >= 4 is 15.9 Å². The maximum absolute atomic E-state index is 12.7. The van der Waals surface area contributed by atoms with Crippen LogP contribution in [0.15, 0.2) is 12.1 Å². The number of hydrogen-bond donors (Lipinski definition) is 1. The molecular formula is C17H25N3O4S. The third kappa shape index (κ3) is 4.02. The van der Waals surface area contributed by atoms with Crippen LogP contribution in [0.2, 0.25) is 0 Å². The summed E-state index contributed by atoms with van der Waals surface area (Å²) >= 11 is 0. The van der Waals surface area contributed by atoms with Gasteiger partial charge in [0.15, 0.2) is 0 Å². The monoisotopic (exact) mass is 367 g/mol. The number of carbonyl (C=O) groups excluding carboxylic acids is 1. The molecule has 138 valence electrons. The standard InChI is InChI=1S/C17H25N3O4S/c1-12-8-14(9-13(2)19-12)16(21)20-10-17(11-20)15(5-7-24-17)4-6-18-25(3,22)23/h8-9,15,18H,4-7,10-11H2,1-3H3/t15-/m0/s1. The largest absolute Gasteiger partial charge is 0.371 e. The molecule has 0 aromatic carbocycles. The highest BCUT2D eigenvalue weighted by Crippen LogP contribution is 2.42. The lowest BCUT2D eigenvalue weighted by Gasteiger charge is -2.50. The summed E-state index contributed by atoms with van der Waals surface area (Å²) in [4.78, 5) is 18.8. The van der Waals surface area contributed by atoms with Gasteiger partial charge in [0.05, 0.1) is 19.3 Å². The molecule has 2 fully saturated rings. The van der Waals surface area contributed by atoms with Gasteiger partial charge in [0.1, 0.15) is 5.60 Å². The molecular weight excluding hydrogens is 342 g/mol. The van der Waals surface area contributed by atoms with Gasteiger partial charge < -0.3 is 9.64 Å². The van der Waals surface area contributed by atoms with E-state index in [1.807, 2.05) is 26.0 Å². The van der Waals surface area contributed by atoms with Gasteiger partial charge in [-0.1, -0.05) is 0 Å². The fourth-order valence-electron chi connectivity index (χ4n) is 3.84. The molecule has 3 rings (SSSR count). The van der Waals surface area contributed by atoms with E-state index in [1.165, 1.54) is 0 Å². The number of rotatable bonds is 5. The van der Waals surface area contributed by atoms with Crippen LogP contribution in [0.5, 0.6) is 0 Å². The molecule has 0 unspecified atom stereocenters. The van der Waals surface area contributed by atoms with E-state index in [9.17, 15) is 13.2 Å². The number of ether oxygens (including phenoxy) is 1. The lowest BCUT2D eigenvalue weighted by Crippen LogP contribution is -2.66. The summed E-state index contributed by atoms with van der Waals surface area (Å²) in [6.07, 6.45) is 2.79. The van der Waals surface area contributed by atoms with E-state index in [0.717, 1.165) is 30.5 Å². The van der Waals surface area contributed by atoms with E-state index in [2.05, 4.69) is 9.71 Å². The highest BCUT2D eigenvalue weighted by atomic mass is 32.2. The second-order valence-electron chi connectivity index (χ2n) is 7.15. The summed E-state index contributed by atoms with van der Waals surface area (Å²) < 4.78 is 30.9. The van der Waals surface area contributed by atoms with Gasteiger partial charge in [0.2, 0.25) is 10.0 Å². The second kappa shape index (κ2) is 6.66. The molecule has 1 atom stereocenters. The molecule has 0 aliphatic carbocycles. The Bertz CT molecular complexity index is 752. The van der Waals surface area contributed by atoms with Crippen molar-refractivity contribution in [3.63, 3.8) is 0 Å². The molecule has 25 heavy (non-hydrogen) atoms. The van der Waals surface area contributed by atoms with Crippen LogP contribution in [0.25, 0.3) is 0 Å². The van der Waals surface area contributed by atoms with Crippen LogP contribution in [-0.4, -0.2) is 62.3 Å². The summed E-state index contributed by atoms with van der Waals surface area (Å²) in [5.41, 5.74) is 2.01. The van der Waals surface area contributed by atoms with Gasteiger partial charge in [0.25, 0.3) is 5.91 Å². The third-order valence-corrected chi connectivity index (χ3v) is 5.72. The predicted octanol–water partition coefficient (Wildman–Crippen LogP) is 0.869. The first-order valence-electron chi connectivity index (χ1n) is 8.52. The lowest BCUT2D eigenvalue weighted by molar-refractivity contribution is -0.117. The number of carbonyl (C=O) groups is 1. The molecule has 7 nitrogen and oxygen atoms in total. The average Bonchev–Trinajstić information content (AvgIpc) is 2.86. The SMILES string of the molecule is Cc1cc(C(=O)N2CC3(C2)OCC[C@@H]3CCNS(C)(=O)=O)cc(C)n1. The zero-order chi connectivity index (χ0) is 18.2. The molecule has 8 heteroatoms. The maximum Gasteiger partial charge on any atom is 0.254 e. The highest BCUT2D eigenvalue weighted by Gasteiger charge is 2.54. The van der Waals surface area contributed by atoms with Crippen molar-refractivity contribution in [3.05, 3.63) is 29.1 Å². The third-order valence-electron chi connectivity index (χ3n) is 4.99. The van der Waals surface area contributed by atoms with Crippen LogP contribution in [0, 0.1) is 19.8 Å². The number of aryl methyl sites for hydroxylation is 2. The van der Waals surface area contributed by atoms with E-state index in [0.29, 0.717) is 31.8 Å². The number of nitrogens with zero attached hydrogens (tertiary/aromatic N) is 2. The molecule has 2 aliphatic heterocycles. The van der Waals surface area contributed by atoms with Crippen LogP contribution in [0.4, 0.5) is 0 Å². The van der Waals surface area contributed by atoms with Crippen molar-refractivity contribution in [2.75, 3.05) is 32.5 Å². The van der Waals surface area contributed by atoms with Gasteiger partial charge in [-0.3, -0.25) is 9.78 Å². The minimum atomic E-state index is -3.17. The lowest BCUT2D eigenvalue weighted by atomic mass is 9.78. The Labute approximate surface area is 148 Å². The molecule has 0 saturated carbocycles. The van der Waals surface area contributed by atoms with E-state index >= 15 is 0 Å². The molecule has 0 radical (unpaired) electrons. The van der Waals surface area contributed by atoms with Crippen LogP contribution in [0.3, 0.4) is 0 Å². The van der Waals surface area contributed by atoms with Crippen molar-refractivity contribution in [2.24, 2.45) is 5.92 Å². The zero-order valence-electron chi connectivity index (χ0n) is 14.9. The fourth-order valence-corrected chi connectivity index (χ4v) is 4.33. The van der Waals surface area contributed by atoms with Gasteiger partial charge in [0, 0.05) is 30.1 Å². The molecule has 1 spiro atoms. The Morgan fingerprint density at radius 3 is 2.60 bits per heavy atom. The molecule has 2 saturated heterocycles. The van der Waals surface area contributed by atoms with Crippen molar-refractivity contribution in [3.8, 4) is 0 Å². The number of pyridine rings is 1. The van der Waals surface area contributed by atoms with Crippen molar-refractivity contribution in [1.82, 2.24) is 14.6 Å². The quantitative estimate of drug-likeness (QED) is 0.834. The number of hydrogen-bond acceptors (Lipinski definition) is 5. The van der Waals surface area contributed by atoms with Gasteiger partial charge in [-0.15, -0.1) is 0 Å². The summed E-state index contributed by atoms with van der Waals surface area (Å²) in [5.74, 6) is 0.273. The first kappa shape index (κ1) is 18.3. The van der Waals surface area contributed by atoms with Crippen LogP contribution < -0.4 is 4.72 Å². The summed E-state index contributed by atoms with van der Waals surface area (Å²) in [7, 11) is -3.17. The number of nitrogens with one attached hydrogen (secondary N) is 1. The van der Waals surface area contributed by atoms with Gasteiger partial charge in [-0.2, -0.15) is 0 Å². The van der Waals surface area contributed by atoms with Crippen molar-refractivity contribution in [1.29, 1.82) is 0 Å². The Balaban J connectivity index is 1.60. The van der Waals surface area contributed by atoms with Crippen LogP contribution >= 0.6 is 0 Å². The molecule has 2 aliphatic rings. The Hall–Kier alpha value is -1.51. The summed E-state index contributed by atoms with van der Waals surface area (Å²) in [6, 6.07) is 3.62. The molecule has 1 aromatic rings. The predicted molar refractivity (Wildman–Crippen MR) is 93.9 cm³/mol. The maximum atomic E-state index is 12.7. The number of amides is 1. The minimum absolute atomic E-state index is 0.00253. The van der Waals surface area contributed by atoms with E-state index in [4.69, 9.17) is 4.74 Å². The smallest absolute Gasteiger partial charge is 0.254 e. The second-order valence-corrected chi connectivity index (χ2v) is 8.99. The normalized spacial score (nSPS) is 22.2. The highest BCUT2D eigenvalue weighted by molar-refractivity contribution is 7.88. The van der Waals surface area contributed by atoms with Crippen molar-refractivity contribution in [2.45, 2.75) is 32.3 Å². The minimum Gasteiger partial charge on any atom is -0.371 e. The number of sulfonamides is 1. The molecule has 1 N–H and O–H groups in total. The molecule has 3 heterocycles. The first-order chi connectivity index (χ1) is 11.7. The molecule has 1 aromatic heterocycles. The van der Waals surface area contributed by atoms with Gasteiger partial charge >= 0.3 is 0 Å². The van der Waals surface area contributed by atoms with Crippen molar-refractivity contribution < 1.29 is 17.9 Å². The van der Waals surface area contributed by atoms with E-state index < -0.39 is 10.0 Å². The van der Waals surface area contributed by atoms with E-state index in [-0.39, 0.29) is 17.4 Å². The Kier molecular flexibility index (Phi) is 4.87. The van der Waals surface area contributed by atoms with Gasteiger partial charge in [-0.25, -0.2) is 13.1 Å². The average molecular weight is 367 g/mol. The number of likely N-dealkylation sites (tertiary alicyclic amines) is 1. The molecule has 1 amide bonds. The van der Waals surface area contributed by atoms with Gasteiger partial charge in [-0.05, 0) is 44.7 Å². The first-order valence-corrected chi connectivity index (χ1v) is 10.4. The Morgan fingerprint density at radius 2 is 2.00 bits per heavy atom. The fraction of sp³-hybridized carbons (Fsp3) is 0.647. The Morgan fingerprint density at radius 1 is 1.36 bits per heavy atom. The van der Waals surface area contributed by atoms with Crippen LogP contribution in [0.1, 0.15) is 34.6 Å². The summed E-state index contributed by atoms with van der Waals surface area (Å²) in [5, 5.41) is 0. The topological polar surface area (TPSA) is 88.6 Å².